The van der Waals surface area contributed by atoms with E-state index in [1.54, 1.807) is 0 Å². The van der Waals surface area contributed by atoms with Crippen molar-refractivity contribution in [3.05, 3.63) is 41.2 Å². The van der Waals surface area contributed by atoms with E-state index in [-0.39, 0.29) is 29.6 Å². The first-order chi connectivity index (χ1) is 9.61. The van der Waals surface area contributed by atoms with Gasteiger partial charge in [-0.1, -0.05) is 5.16 Å². The molecule has 1 heterocycles. The highest BCUT2D eigenvalue weighted by Gasteiger charge is 2.37. The third-order valence-electron chi connectivity index (χ3n) is 2.64. The van der Waals surface area contributed by atoms with Gasteiger partial charge in [-0.05, 0) is 18.2 Å². The van der Waals surface area contributed by atoms with Crippen molar-refractivity contribution >= 4 is 0 Å². The number of benzene rings is 1. The highest BCUT2D eigenvalue weighted by atomic mass is 19.4. The summed E-state index contributed by atoms with van der Waals surface area (Å²) in [5.74, 6) is 0.149. The van der Waals surface area contributed by atoms with E-state index in [9.17, 15) is 26.3 Å². The van der Waals surface area contributed by atoms with Gasteiger partial charge in [0.05, 0.1) is 17.7 Å². The molecule has 2 rings (SSSR count). The van der Waals surface area contributed by atoms with Crippen molar-refractivity contribution in [2.45, 2.75) is 18.9 Å². The summed E-state index contributed by atoms with van der Waals surface area (Å²) in [6.07, 6.45) is -9.81. The van der Waals surface area contributed by atoms with Gasteiger partial charge in [-0.3, -0.25) is 0 Å². The Bertz CT molecular complexity index is 612. The lowest BCUT2D eigenvalue weighted by Gasteiger charge is -2.13. The zero-order valence-electron chi connectivity index (χ0n) is 10.2. The summed E-state index contributed by atoms with van der Waals surface area (Å²) >= 11 is 0. The first kappa shape index (κ1) is 15.4. The minimum atomic E-state index is -4.91. The first-order valence-corrected chi connectivity index (χ1v) is 5.57. The fourth-order valence-electron chi connectivity index (χ4n) is 1.65. The molecule has 3 nitrogen and oxygen atoms in total. The van der Waals surface area contributed by atoms with E-state index in [0.29, 0.717) is 12.1 Å². The van der Waals surface area contributed by atoms with Crippen LogP contribution in [-0.2, 0) is 18.9 Å². The SMILES string of the molecule is NCc1cc(-c2cc(C(F)(F)F)cc(C(F)(F)F)c2)no1. The lowest BCUT2D eigenvalue weighted by molar-refractivity contribution is -0.143. The summed E-state index contributed by atoms with van der Waals surface area (Å²) < 4.78 is 80.8. The zero-order chi connectivity index (χ0) is 15.8. The van der Waals surface area contributed by atoms with Gasteiger partial charge in [0.15, 0.2) is 5.76 Å². The molecule has 0 aliphatic rings. The zero-order valence-corrected chi connectivity index (χ0v) is 10.2. The van der Waals surface area contributed by atoms with Gasteiger partial charge >= 0.3 is 12.4 Å². The molecule has 0 atom stereocenters. The average molecular weight is 310 g/mol. The van der Waals surface area contributed by atoms with Crippen LogP contribution in [0.4, 0.5) is 26.3 Å². The molecule has 0 aliphatic carbocycles. The molecule has 2 aromatic rings. The number of aromatic nitrogens is 1. The smallest absolute Gasteiger partial charge is 0.359 e. The van der Waals surface area contributed by atoms with E-state index >= 15 is 0 Å². The molecule has 2 N–H and O–H groups in total. The Balaban J connectivity index is 2.60. The van der Waals surface area contributed by atoms with E-state index in [4.69, 9.17) is 5.73 Å². The molecule has 1 aromatic carbocycles. The molecule has 114 valence electrons. The predicted molar refractivity (Wildman–Crippen MR) is 59.8 cm³/mol. The van der Waals surface area contributed by atoms with Crippen molar-refractivity contribution in [2.24, 2.45) is 5.73 Å². The Morgan fingerprint density at radius 2 is 1.43 bits per heavy atom. The van der Waals surface area contributed by atoms with Gasteiger partial charge in [-0.15, -0.1) is 0 Å². The standard InChI is InChI=1S/C12H8F6N2O/c13-11(14,15)7-1-6(2-8(3-7)12(16,17)18)10-4-9(5-19)21-20-10/h1-4H,5,19H2. The van der Waals surface area contributed by atoms with Crippen LogP contribution >= 0.6 is 0 Å². The van der Waals surface area contributed by atoms with Crippen LogP contribution in [0.5, 0.6) is 0 Å². The number of alkyl halides is 6. The lowest BCUT2D eigenvalue weighted by atomic mass is 10.0. The maximum Gasteiger partial charge on any atom is 0.416 e. The average Bonchev–Trinajstić information content (AvgIpc) is 2.85. The predicted octanol–water partition coefficient (Wildman–Crippen LogP) is 3.84. The third-order valence-corrected chi connectivity index (χ3v) is 2.64. The first-order valence-electron chi connectivity index (χ1n) is 5.57. The van der Waals surface area contributed by atoms with Crippen molar-refractivity contribution < 1.29 is 30.9 Å². The minimum absolute atomic E-state index is 0.0490. The molecule has 0 saturated carbocycles. The van der Waals surface area contributed by atoms with Crippen molar-refractivity contribution in [3.63, 3.8) is 0 Å². The van der Waals surface area contributed by atoms with Crippen LogP contribution in [0.2, 0.25) is 0 Å². The number of nitrogens with two attached hydrogens (primary N) is 1. The van der Waals surface area contributed by atoms with Crippen LogP contribution in [0.15, 0.2) is 28.8 Å². The molecule has 1 aromatic heterocycles. The van der Waals surface area contributed by atoms with Gasteiger partial charge in [0.1, 0.15) is 5.69 Å². The molecule has 0 fully saturated rings. The Kier molecular flexibility index (Phi) is 3.70. The lowest BCUT2D eigenvalue weighted by Crippen LogP contribution is -2.11. The summed E-state index contributed by atoms with van der Waals surface area (Å²) in [6, 6.07) is 2.39. The quantitative estimate of drug-likeness (QED) is 0.858. The van der Waals surface area contributed by atoms with Gasteiger partial charge in [0.25, 0.3) is 0 Å². The summed E-state index contributed by atoms with van der Waals surface area (Å²) in [7, 11) is 0. The van der Waals surface area contributed by atoms with Crippen LogP contribution in [0.1, 0.15) is 16.9 Å². The van der Waals surface area contributed by atoms with Crippen molar-refractivity contribution in [3.8, 4) is 11.3 Å². The molecule has 0 bridgehead atoms. The van der Waals surface area contributed by atoms with Gasteiger partial charge in [-0.2, -0.15) is 26.3 Å². The van der Waals surface area contributed by atoms with Crippen LogP contribution in [0, 0.1) is 0 Å². The molecular weight excluding hydrogens is 302 g/mol. The summed E-state index contributed by atoms with van der Waals surface area (Å²) in [6.45, 7) is -0.0713. The summed E-state index contributed by atoms with van der Waals surface area (Å²) in [5, 5.41) is 3.41. The third kappa shape index (κ3) is 3.35. The molecule has 0 amide bonds. The van der Waals surface area contributed by atoms with Crippen LogP contribution in [0.25, 0.3) is 11.3 Å². The Morgan fingerprint density at radius 1 is 0.905 bits per heavy atom. The van der Waals surface area contributed by atoms with Crippen LogP contribution < -0.4 is 5.73 Å². The van der Waals surface area contributed by atoms with Crippen molar-refractivity contribution in [1.82, 2.24) is 5.16 Å². The van der Waals surface area contributed by atoms with Gasteiger partial charge in [0, 0.05) is 11.6 Å². The molecule has 0 radical (unpaired) electrons. The molecule has 0 saturated heterocycles. The van der Waals surface area contributed by atoms with E-state index in [1.807, 2.05) is 0 Å². The number of nitrogens with zero attached hydrogens (tertiary/aromatic N) is 1. The topological polar surface area (TPSA) is 52.0 Å². The maximum absolute atomic E-state index is 12.7. The second-order valence-electron chi connectivity index (χ2n) is 4.18. The van der Waals surface area contributed by atoms with Crippen LogP contribution in [-0.4, -0.2) is 5.16 Å². The number of rotatable bonds is 2. The van der Waals surface area contributed by atoms with E-state index in [1.165, 1.54) is 6.07 Å². The Hall–Kier alpha value is -2.03. The molecule has 21 heavy (non-hydrogen) atoms. The van der Waals surface area contributed by atoms with Crippen molar-refractivity contribution in [2.75, 3.05) is 0 Å². The second kappa shape index (κ2) is 5.06. The molecule has 0 unspecified atom stereocenters. The molecule has 0 aliphatic heterocycles. The van der Waals surface area contributed by atoms with Gasteiger partial charge in [-0.25, -0.2) is 0 Å². The molecule has 0 spiro atoms. The Morgan fingerprint density at radius 3 is 1.81 bits per heavy atom. The largest absolute Gasteiger partial charge is 0.416 e. The molecule has 9 heteroatoms. The van der Waals surface area contributed by atoms with E-state index in [2.05, 4.69) is 9.68 Å². The van der Waals surface area contributed by atoms with Crippen molar-refractivity contribution in [1.29, 1.82) is 0 Å². The van der Waals surface area contributed by atoms with E-state index < -0.39 is 23.5 Å². The number of hydrogen-bond donors (Lipinski definition) is 1. The monoisotopic (exact) mass is 310 g/mol. The minimum Gasteiger partial charge on any atom is -0.359 e. The fourth-order valence-corrected chi connectivity index (χ4v) is 1.65. The molecular formula is C12H8F6N2O. The summed E-state index contributed by atoms with van der Waals surface area (Å²) in [4.78, 5) is 0. The van der Waals surface area contributed by atoms with Crippen LogP contribution in [0.3, 0.4) is 0 Å². The van der Waals surface area contributed by atoms with E-state index in [0.717, 1.165) is 0 Å². The maximum atomic E-state index is 12.7. The number of halogens is 6. The Labute approximate surface area is 114 Å². The van der Waals surface area contributed by atoms with Gasteiger partial charge in [0.2, 0.25) is 0 Å². The summed E-state index contributed by atoms with van der Waals surface area (Å²) in [5.41, 5.74) is 1.93. The fraction of sp³-hybridized carbons (Fsp3) is 0.250. The highest BCUT2D eigenvalue weighted by molar-refractivity contribution is 5.62. The van der Waals surface area contributed by atoms with Gasteiger partial charge < -0.3 is 10.3 Å². The highest BCUT2D eigenvalue weighted by Crippen LogP contribution is 2.38. The number of hydrogen-bond acceptors (Lipinski definition) is 3. The second-order valence-corrected chi connectivity index (χ2v) is 4.18. The normalized spacial score (nSPS) is 12.7.